The van der Waals surface area contributed by atoms with Gasteiger partial charge in [-0.05, 0) is 31.7 Å². The lowest BCUT2D eigenvalue weighted by Crippen LogP contribution is -2.49. The van der Waals surface area contributed by atoms with Crippen LogP contribution in [0.3, 0.4) is 0 Å². The number of benzene rings is 1. The Morgan fingerprint density at radius 1 is 1.43 bits per heavy atom. The van der Waals surface area contributed by atoms with Crippen molar-refractivity contribution in [2.45, 2.75) is 31.7 Å². The molecule has 1 aromatic heterocycles. The predicted molar refractivity (Wildman–Crippen MR) is 109 cm³/mol. The second-order valence-electron chi connectivity index (χ2n) is 8.31. The number of pyridine rings is 1. The number of rotatable bonds is 6. The first kappa shape index (κ1) is 20.6. The molecule has 2 aliphatic rings. The van der Waals surface area contributed by atoms with E-state index in [-0.39, 0.29) is 36.0 Å². The Hall–Kier alpha value is -2.68. The molecule has 2 aromatic rings. The molecular formula is C21H25F2N3O4. The summed E-state index contributed by atoms with van der Waals surface area (Å²) in [7, 11) is 1.39. The third-order valence-corrected chi connectivity index (χ3v) is 6.27. The first-order valence-corrected chi connectivity index (χ1v) is 10.1. The van der Waals surface area contributed by atoms with E-state index in [4.69, 9.17) is 10.5 Å². The van der Waals surface area contributed by atoms with Crippen LogP contribution in [-0.2, 0) is 0 Å². The third-order valence-electron chi connectivity index (χ3n) is 6.27. The van der Waals surface area contributed by atoms with Gasteiger partial charge in [-0.2, -0.15) is 0 Å². The van der Waals surface area contributed by atoms with Crippen molar-refractivity contribution in [2.75, 3.05) is 38.3 Å². The smallest absolute Gasteiger partial charge is 0.341 e. The molecule has 0 bridgehead atoms. The number of aromatic carboxylic acids is 1. The highest BCUT2D eigenvalue weighted by Crippen LogP contribution is 2.45. The summed E-state index contributed by atoms with van der Waals surface area (Å²) in [5.74, 6) is -1.89. The highest BCUT2D eigenvalue weighted by atomic mass is 19.1. The lowest BCUT2D eigenvalue weighted by atomic mass is 9.81. The second-order valence-corrected chi connectivity index (χ2v) is 8.31. The SMILES string of the molecule is COc1c(N2CCCC(CN)(CF)C2)c(F)cc2c(=O)c(C(=O)O)cn(C3CC3)c12. The normalized spacial score (nSPS) is 21.8. The fourth-order valence-corrected chi connectivity index (χ4v) is 4.45. The fraction of sp³-hybridized carbons (Fsp3) is 0.524. The number of ether oxygens (including phenoxy) is 1. The van der Waals surface area contributed by atoms with E-state index in [1.54, 1.807) is 9.47 Å². The summed E-state index contributed by atoms with van der Waals surface area (Å²) in [6, 6.07) is 1.10. The van der Waals surface area contributed by atoms with Crippen molar-refractivity contribution in [3.63, 3.8) is 0 Å². The molecule has 30 heavy (non-hydrogen) atoms. The monoisotopic (exact) mass is 421 g/mol. The van der Waals surface area contributed by atoms with Crippen LogP contribution in [0.2, 0.25) is 0 Å². The number of piperidine rings is 1. The number of anilines is 1. The number of hydrogen-bond donors (Lipinski definition) is 2. The molecule has 1 aliphatic carbocycles. The maximum absolute atomic E-state index is 15.3. The van der Waals surface area contributed by atoms with E-state index < -0.39 is 34.9 Å². The maximum Gasteiger partial charge on any atom is 0.341 e. The predicted octanol–water partition coefficient (Wildman–Crippen LogP) is 2.70. The van der Waals surface area contributed by atoms with Crippen molar-refractivity contribution in [1.29, 1.82) is 0 Å². The molecule has 1 atom stereocenters. The van der Waals surface area contributed by atoms with Gasteiger partial charge in [0, 0.05) is 37.3 Å². The molecule has 1 aromatic carbocycles. The quantitative estimate of drug-likeness (QED) is 0.744. The highest BCUT2D eigenvalue weighted by Gasteiger charge is 2.38. The summed E-state index contributed by atoms with van der Waals surface area (Å²) < 4.78 is 36.4. The molecular weight excluding hydrogens is 396 g/mol. The molecule has 1 aliphatic heterocycles. The Morgan fingerprint density at radius 3 is 2.73 bits per heavy atom. The van der Waals surface area contributed by atoms with E-state index >= 15 is 4.39 Å². The number of fused-ring (bicyclic) bond motifs is 1. The summed E-state index contributed by atoms with van der Waals surface area (Å²) in [5.41, 5.74) is 4.45. The molecule has 7 nitrogen and oxygen atoms in total. The van der Waals surface area contributed by atoms with Gasteiger partial charge in [-0.3, -0.25) is 9.18 Å². The minimum absolute atomic E-state index is 0.0220. The van der Waals surface area contributed by atoms with Crippen LogP contribution in [0.5, 0.6) is 5.75 Å². The van der Waals surface area contributed by atoms with Gasteiger partial charge >= 0.3 is 5.97 Å². The molecule has 1 saturated heterocycles. The van der Waals surface area contributed by atoms with Crippen LogP contribution < -0.4 is 20.8 Å². The van der Waals surface area contributed by atoms with Crippen LogP contribution in [0.15, 0.2) is 17.1 Å². The fourth-order valence-electron chi connectivity index (χ4n) is 4.45. The number of aromatic nitrogens is 1. The average Bonchev–Trinajstić information content (AvgIpc) is 3.58. The number of carboxylic acid groups (broad SMARTS) is 1. The van der Waals surface area contributed by atoms with Crippen molar-refractivity contribution in [2.24, 2.45) is 11.1 Å². The van der Waals surface area contributed by atoms with Gasteiger partial charge in [0.1, 0.15) is 11.3 Å². The van der Waals surface area contributed by atoms with Crippen LogP contribution in [0.4, 0.5) is 14.5 Å². The average molecular weight is 421 g/mol. The molecule has 2 heterocycles. The van der Waals surface area contributed by atoms with Gasteiger partial charge in [0.2, 0.25) is 5.43 Å². The van der Waals surface area contributed by atoms with Gasteiger partial charge in [0.25, 0.3) is 0 Å². The van der Waals surface area contributed by atoms with Crippen molar-refractivity contribution >= 4 is 22.6 Å². The highest BCUT2D eigenvalue weighted by molar-refractivity contribution is 5.97. The zero-order valence-corrected chi connectivity index (χ0v) is 16.8. The second kappa shape index (κ2) is 7.54. The summed E-state index contributed by atoms with van der Waals surface area (Å²) in [5, 5.41) is 9.39. The van der Waals surface area contributed by atoms with Gasteiger partial charge in [0.15, 0.2) is 11.6 Å². The van der Waals surface area contributed by atoms with Crippen molar-refractivity contribution < 1.29 is 23.4 Å². The van der Waals surface area contributed by atoms with Crippen LogP contribution >= 0.6 is 0 Å². The molecule has 2 fully saturated rings. The molecule has 0 amide bonds. The molecule has 162 valence electrons. The summed E-state index contributed by atoms with van der Waals surface area (Å²) in [4.78, 5) is 26.1. The zero-order valence-electron chi connectivity index (χ0n) is 16.8. The van der Waals surface area contributed by atoms with E-state index in [0.29, 0.717) is 24.9 Å². The number of nitrogens with zero attached hydrogens (tertiary/aromatic N) is 2. The topological polar surface area (TPSA) is 97.8 Å². The summed E-state index contributed by atoms with van der Waals surface area (Å²) in [6.45, 7) is 0.277. The number of carbonyl (C=O) groups is 1. The lowest BCUT2D eigenvalue weighted by Gasteiger charge is -2.42. The molecule has 4 rings (SSSR count). The Kier molecular flexibility index (Phi) is 5.17. The van der Waals surface area contributed by atoms with E-state index in [0.717, 1.165) is 18.9 Å². The number of alkyl halides is 1. The van der Waals surface area contributed by atoms with Crippen LogP contribution in [0.25, 0.3) is 10.9 Å². The summed E-state index contributed by atoms with van der Waals surface area (Å²) in [6.07, 6.45) is 4.23. The minimum atomic E-state index is -1.36. The molecule has 1 saturated carbocycles. The first-order chi connectivity index (χ1) is 14.4. The van der Waals surface area contributed by atoms with Gasteiger partial charge in [-0.1, -0.05) is 0 Å². The van der Waals surface area contributed by atoms with Gasteiger partial charge < -0.3 is 25.0 Å². The van der Waals surface area contributed by atoms with Gasteiger partial charge in [-0.25, -0.2) is 9.18 Å². The molecule has 3 N–H and O–H groups in total. The lowest BCUT2D eigenvalue weighted by molar-refractivity contribution is 0.0695. The molecule has 0 spiro atoms. The number of nitrogens with two attached hydrogens (primary N) is 1. The largest absolute Gasteiger partial charge is 0.492 e. The van der Waals surface area contributed by atoms with E-state index in [1.165, 1.54) is 13.3 Å². The Bertz CT molecular complexity index is 1060. The number of hydrogen-bond acceptors (Lipinski definition) is 5. The minimum Gasteiger partial charge on any atom is -0.492 e. The van der Waals surface area contributed by atoms with Crippen molar-refractivity contribution in [3.8, 4) is 5.75 Å². The van der Waals surface area contributed by atoms with Crippen molar-refractivity contribution in [3.05, 3.63) is 33.9 Å². The standard InChI is InChI=1S/C21H25F2N3O4/c1-30-19-16-13(18(27)14(20(28)29)8-26(16)12-3-4-12)7-15(23)17(19)25-6-2-5-21(9-22,10-24)11-25/h7-8,12H,2-6,9-11,24H2,1H3,(H,28,29). The molecule has 1 unspecified atom stereocenters. The Morgan fingerprint density at radius 2 is 2.17 bits per heavy atom. The Labute approximate surface area is 172 Å². The third kappa shape index (κ3) is 3.21. The van der Waals surface area contributed by atoms with Crippen LogP contribution in [0, 0.1) is 11.2 Å². The Balaban J connectivity index is 1.97. The molecule has 0 radical (unpaired) electrons. The number of halogens is 2. The van der Waals surface area contributed by atoms with Gasteiger partial charge in [-0.15, -0.1) is 0 Å². The number of methoxy groups -OCH3 is 1. The van der Waals surface area contributed by atoms with E-state index in [2.05, 4.69) is 0 Å². The van der Waals surface area contributed by atoms with Crippen LogP contribution in [-0.4, -0.2) is 49.1 Å². The van der Waals surface area contributed by atoms with Crippen molar-refractivity contribution in [1.82, 2.24) is 4.57 Å². The molecule has 9 heteroatoms. The summed E-state index contributed by atoms with van der Waals surface area (Å²) >= 11 is 0. The van der Waals surface area contributed by atoms with Crippen LogP contribution in [0.1, 0.15) is 42.1 Å². The number of carboxylic acids is 1. The maximum atomic E-state index is 15.3. The van der Waals surface area contributed by atoms with Gasteiger partial charge in [0.05, 0.1) is 24.7 Å². The first-order valence-electron chi connectivity index (χ1n) is 10.1. The van der Waals surface area contributed by atoms with E-state index in [9.17, 15) is 19.1 Å². The zero-order chi connectivity index (χ0) is 21.6. The van der Waals surface area contributed by atoms with E-state index in [1.807, 2.05) is 0 Å².